The number of benzene rings is 1. The molecule has 0 spiro atoms. The van der Waals surface area contributed by atoms with E-state index in [0.29, 0.717) is 19.6 Å². The Labute approximate surface area is 137 Å². The number of hydrogen-bond acceptors (Lipinski definition) is 5. The van der Waals surface area contributed by atoms with Crippen molar-refractivity contribution in [1.29, 1.82) is 5.26 Å². The van der Waals surface area contributed by atoms with E-state index in [-0.39, 0.29) is 30.5 Å². The van der Waals surface area contributed by atoms with Crippen molar-refractivity contribution in [2.24, 2.45) is 11.8 Å². The van der Waals surface area contributed by atoms with E-state index in [1.807, 2.05) is 24.3 Å². The molecular formula is C18H23NO4. The summed E-state index contributed by atoms with van der Waals surface area (Å²) in [6.07, 6.45) is 1.17. The van der Waals surface area contributed by atoms with Crippen molar-refractivity contribution in [3.8, 4) is 6.07 Å². The van der Waals surface area contributed by atoms with Crippen LogP contribution in [0.5, 0.6) is 0 Å². The maximum atomic E-state index is 11.9. The Balaban J connectivity index is 2.10. The molecule has 5 heteroatoms. The van der Waals surface area contributed by atoms with Crippen molar-refractivity contribution in [2.75, 3.05) is 20.5 Å². The number of rotatable bonds is 9. The predicted octanol–water partition coefficient (Wildman–Crippen LogP) is 3.00. The molecular weight excluding hydrogens is 294 g/mol. The van der Waals surface area contributed by atoms with Crippen LogP contribution in [0.3, 0.4) is 0 Å². The smallest absolute Gasteiger partial charge is 0.306 e. The Hall–Kier alpha value is -1.90. The average Bonchev–Trinajstić information content (AvgIpc) is 3.33. The van der Waals surface area contributed by atoms with Crippen LogP contribution in [-0.4, -0.2) is 26.5 Å². The van der Waals surface area contributed by atoms with Gasteiger partial charge in [0.15, 0.2) is 0 Å². The van der Waals surface area contributed by atoms with Gasteiger partial charge >= 0.3 is 5.97 Å². The van der Waals surface area contributed by atoms with Gasteiger partial charge in [0.2, 0.25) is 0 Å². The molecule has 3 atom stereocenters. The first-order chi connectivity index (χ1) is 11.2. The summed E-state index contributed by atoms with van der Waals surface area (Å²) in [5.41, 5.74) is 2.10. The van der Waals surface area contributed by atoms with Gasteiger partial charge in [0.1, 0.15) is 6.79 Å². The van der Waals surface area contributed by atoms with E-state index in [1.165, 1.54) is 0 Å². The molecule has 0 aliphatic heterocycles. The van der Waals surface area contributed by atoms with Gasteiger partial charge in [-0.2, -0.15) is 5.26 Å². The molecule has 1 aromatic carbocycles. The lowest BCUT2D eigenvalue weighted by Crippen LogP contribution is -2.13. The van der Waals surface area contributed by atoms with Crippen molar-refractivity contribution >= 4 is 5.97 Å². The molecule has 23 heavy (non-hydrogen) atoms. The molecule has 0 saturated heterocycles. The van der Waals surface area contributed by atoms with Gasteiger partial charge in [-0.15, -0.1) is 0 Å². The summed E-state index contributed by atoms with van der Waals surface area (Å²) >= 11 is 0. The molecule has 0 N–H and O–H groups in total. The number of ether oxygens (including phenoxy) is 3. The Bertz CT molecular complexity index is 566. The van der Waals surface area contributed by atoms with Crippen LogP contribution in [0, 0.1) is 23.2 Å². The van der Waals surface area contributed by atoms with Crippen molar-refractivity contribution in [3.63, 3.8) is 0 Å². The number of esters is 1. The maximum Gasteiger partial charge on any atom is 0.306 e. The van der Waals surface area contributed by atoms with Crippen LogP contribution in [0.15, 0.2) is 24.3 Å². The summed E-state index contributed by atoms with van der Waals surface area (Å²) in [7, 11) is 1.58. The third-order valence-corrected chi connectivity index (χ3v) is 4.06. The molecule has 0 bridgehead atoms. The van der Waals surface area contributed by atoms with Crippen LogP contribution in [0.1, 0.15) is 36.8 Å². The molecule has 0 aromatic heterocycles. The molecule has 1 aromatic rings. The van der Waals surface area contributed by atoms with E-state index >= 15 is 0 Å². The van der Waals surface area contributed by atoms with E-state index in [1.54, 1.807) is 14.0 Å². The second kappa shape index (κ2) is 8.66. The topological polar surface area (TPSA) is 68.6 Å². The largest absolute Gasteiger partial charge is 0.466 e. The van der Waals surface area contributed by atoms with E-state index in [9.17, 15) is 4.79 Å². The van der Waals surface area contributed by atoms with E-state index < -0.39 is 0 Å². The SMILES string of the molecule is CCOC(=O)CC(c1cccc(COCOC)c1)C1CC1C#N. The molecule has 0 radical (unpaired) electrons. The van der Waals surface area contributed by atoms with Gasteiger partial charge in [-0.3, -0.25) is 4.79 Å². The first-order valence-electron chi connectivity index (χ1n) is 7.90. The van der Waals surface area contributed by atoms with Crippen LogP contribution in [-0.2, 0) is 25.6 Å². The fourth-order valence-corrected chi connectivity index (χ4v) is 2.88. The number of hydrogen-bond donors (Lipinski definition) is 0. The van der Waals surface area contributed by atoms with Crippen molar-refractivity contribution < 1.29 is 19.0 Å². The zero-order valence-electron chi connectivity index (χ0n) is 13.7. The lowest BCUT2D eigenvalue weighted by molar-refractivity contribution is -0.143. The summed E-state index contributed by atoms with van der Waals surface area (Å²) in [4.78, 5) is 11.9. The highest BCUT2D eigenvalue weighted by molar-refractivity contribution is 5.70. The second-order valence-corrected chi connectivity index (χ2v) is 5.75. The molecule has 124 valence electrons. The van der Waals surface area contributed by atoms with Gasteiger partial charge in [0.05, 0.1) is 31.6 Å². The number of methoxy groups -OCH3 is 1. The highest BCUT2D eigenvalue weighted by Crippen LogP contribution is 2.49. The second-order valence-electron chi connectivity index (χ2n) is 5.75. The predicted molar refractivity (Wildman–Crippen MR) is 84.3 cm³/mol. The fourth-order valence-electron chi connectivity index (χ4n) is 2.88. The van der Waals surface area contributed by atoms with Crippen molar-refractivity contribution in [3.05, 3.63) is 35.4 Å². The summed E-state index contributed by atoms with van der Waals surface area (Å²) in [6, 6.07) is 10.3. The normalized spacial score (nSPS) is 20.6. The first kappa shape index (κ1) is 17.5. The van der Waals surface area contributed by atoms with Crippen LogP contribution in [0.2, 0.25) is 0 Å². The number of carbonyl (C=O) groups excluding carboxylic acids is 1. The van der Waals surface area contributed by atoms with Gasteiger partial charge in [0, 0.05) is 7.11 Å². The molecule has 1 aliphatic rings. The Morgan fingerprint density at radius 2 is 2.30 bits per heavy atom. The van der Waals surface area contributed by atoms with Gasteiger partial charge in [-0.1, -0.05) is 24.3 Å². The van der Waals surface area contributed by atoms with Gasteiger partial charge in [0.25, 0.3) is 0 Å². The average molecular weight is 317 g/mol. The fraction of sp³-hybridized carbons (Fsp3) is 0.556. The monoisotopic (exact) mass is 317 g/mol. The molecule has 3 unspecified atom stereocenters. The molecule has 2 rings (SSSR count). The van der Waals surface area contributed by atoms with Gasteiger partial charge in [-0.05, 0) is 36.3 Å². The number of nitrogens with zero attached hydrogens (tertiary/aromatic N) is 1. The Kier molecular flexibility index (Phi) is 6.57. The quantitative estimate of drug-likeness (QED) is 0.398. The Morgan fingerprint density at radius 1 is 1.48 bits per heavy atom. The zero-order valence-corrected chi connectivity index (χ0v) is 13.7. The minimum absolute atomic E-state index is 0.0288. The van der Waals surface area contributed by atoms with Crippen LogP contribution < -0.4 is 0 Å². The summed E-state index contributed by atoms with van der Waals surface area (Å²) in [6.45, 7) is 2.88. The van der Waals surface area contributed by atoms with Crippen LogP contribution >= 0.6 is 0 Å². The third-order valence-electron chi connectivity index (χ3n) is 4.06. The molecule has 0 amide bonds. The van der Waals surface area contributed by atoms with Crippen molar-refractivity contribution in [1.82, 2.24) is 0 Å². The van der Waals surface area contributed by atoms with E-state index in [4.69, 9.17) is 19.5 Å². The van der Waals surface area contributed by atoms with E-state index in [0.717, 1.165) is 17.5 Å². The summed E-state index contributed by atoms with van der Waals surface area (Å²) < 4.78 is 15.3. The van der Waals surface area contributed by atoms with E-state index in [2.05, 4.69) is 6.07 Å². The third kappa shape index (κ3) is 5.05. The molecule has 0 heterocycles. The summed E-state index contributed by atoms with van der Waals surface area (Å²) in [5, 5.41) is 9.11. The number of carbonyl (C=O) groups is 1. The van der Waals surface area contributed by atoms with Gasteiger partial charge < -0.3 is 14.2 Å². The molecule has 1 fully saturated rings. The van der Waals surface area contributed by atoms with Crippen LogP contribution in [0.4, 0.5) is 0 Å². The number of nitriles is 1. The lowest BCUT2D eigenvalue weighted by atomic mass is 9.89. The molecule has 1 saturated carbocycles. The first-order valence-corrected chi connectivity index (χ1v) is 7.90. The van der Waals surface area contributed by atoms with Crippen LogP contribution in [0.25, 0.3) is 0 Å². The zero-order chi connectivity index (χ0) is 16.7. The highest BCUT2D eigenvalue weighted by Gasteiger charge is 2.44. The lowest BCUT2D eigenvalue weighted by Gasteiger charge is -2.17. The standard InChI is InChI=1S/C18H23NO4/c1-3-23-18(20)9-17(16-8-15(16)10-19)14-6-4-5-13(7-14)11-22-12-21-2/h4-7,15-17H,3,8-9,11-12H2,1-2H3. The maximum absolute atomic E-state index is 11.9. The summed E-state index contributed by atoms with van der Waals surface area (Å²) in [5.74, 6) is 0.102. The Morgan fingerprint density at radius 3 is 2.96 bits per heavy atom. The minimum atomic E-state index is -0.206. The highest BCUT2D eigenvalue weighted by atomic mass is 16.7. The molecule has 5 nitrogen and oxygen atoms in total. The van der Waals surface area contributed by atoms with Gasteiger partial charge in [-0.25, -0.2) is 0 Å². The molecule has 1 aliphatic carbocycles. The van der Waals surface area contributed by atoms with Crippen molar-refractivity contribution in [2.45, 2.75) is 32.3 Å². The minimum Gasteiger partial charge on any atom is -0.466 e.